The van der Waals surface area contributed by atoms with Crippen LogP contribution in [0.1, 0.15) is 15.9 Å². The zero-order chi connectivity index (χ0) is 10.0. The SMILES string of the molecule is Cc1cc(Br)c(C(=O)CBr)cc1I. The van der Waals surface area contributed by atoms with Crippen molar-refractivity contribution in [2.24, 2.45) is 0 Å². The van der Waals surface area contributed by atoms with Crippen molar-refractivity contribution >= 4 is 60.2 Å². The lowest BCUT2D eigenvalue weighted by Crippen LogP contribution is -2.02. The van der Waals surface area contributed by atoms with Gasteiger partial charge in [-0.1, -0.05) is 31.9 Å². The van der Waals surface area contributed by atoms with Gasteiger partial charge in [-0.2, -0.15) is 0 Å². The van der Waals surface area contributed by atoms with E-state index < -0.39 is 0 Å². The van der Waals surface area contributed by atoms with Crippen molar-refractivity contribution in [3.05, 3.63) is 31.3 Å². The quantitative estimate of drug-likeness (QED) is 0.405. The molecule has 1 aromatic rings. The van der Waals surface area contributed by atoms with Crippen LogP contribution in [0.2, 0.25) is 0 Å². The number of Topliss-reactive ketones (excluding diaryl/α,β-unsaturated/α-hetero) is 1. The summed E-state index contributed by atoms with van der Waals surface area (Å²) in [7, 11) is 0. The zero-order valence-corrected chi connectivity index (χ0v) is 12.2. The van der Waals surface area contributed by atoms with Crippen molar-refractivity contribution in [3.63, 3.8) is 0 Å². The maximum Gasteiger partial charge on any atom is 0.174 e. The molecule has 0 radical (unpaired) electrons. The molecule has 1 nitrogen and oxygen atoms in total. The van der Waals surface area contributed by atoms with E-state index >= 15 is 0 Å². The third-order valence-corrected chi connectivity index (χ3v) is 4.00. The van der Waals surface area contributed by atoms with Crippen molar-refractivity contribution in [1.29, 1.82) is 0 Å². The number of rotatable bonds is 2. The number of alkyl halides is 1. The molecule has 0 heterocycles. The molecule has 70 valence electrons. The summed E-state index contributed by atoms with van der Waals surface area (Å²) in [5.41, 5.74) is 1.92. The molecule has 0 unspecified atom stereocenters. The van der Waals surface area contributed by atoms with E-state index in [0.717, 1.165) is 13.6 Å². The fourth-order valence-electron chi connectivity index (χ4n) is 0.932. The van der Waals surface area contributed by atoms with Crippen molar-refractivity contribution in [3.8, 4) is 0 Å². The molecular formula is C9H7Br2IO. The molecule has 0 amide bonds. The highest BCUT2D eigenvalue weighted by molar-refractivity contribution is 14.1. The Bertz CT molecular complexity index is 350. The summed E-state index contributed by atoms with van der Waals surface area (Å²) in [4.78, 5) is 11.4. The normalized spacial score (nSPS) is 10.2. The molecule has 0 spiro atoms. The molecule has 0 fully saturated rings. The maximum absolute atomic E-state index is 11.4. The van der Waals surface area contributed by atoms with Gasteiger partial charge in [0, 0.05) is 13.6 Å². The van der Waals surface area contributed by atoms with E-state index in [1.165, 1.54) is 5.56 Å². The second-order valence-corrected chi connectivity index (χ2v) is 5.22. The standard InChI is InChI=1S/C9H7Br2IO/c1-5-2-7(11)6(3-8(5)12)9(13)4-10/h2-3H,4H2,1H3. The molecule has 0 aliphatic carbocycles. The minimum atomic E-state index is 0.102. The maximum atomic E-state index is 11.4. The van der Waals surface area contributed by atoms with E-state index in [1.807, 2.05) is 19.1 Å². The molecule has 0 saturated carbocycles. The van der Waals surface area contributed by atoms with Gasteiger partial charge in [0.2, 0.25) is 0 Å². The van der Waals surface area contributed by atoms with Crippen LogP contribution in [-0.4, -0.2) is 11.1 Å². The van der Waals surface area contributed by atoms with Crippen LogP contribution in [0.15, 0.2) is 16.6 Å². The summed E-state index contributed by atoms with van der Waals surface area (Å²) < 4.78 is 1.99. The first-order valence-corrected chi connectivity index (χ1v) is 6.60. The smallest absolute Gasteiger partial charge is 0.174 e. The molecule has 4 heteroatoms. The van der Waals surface area contributed by atoms with Gasteiger partial charge in [0.05, 0.1) is 5.33 Å². The zero-order valence-electron chi connectivity index (χ0n) is 6.90. The van der Waals surface area contributed by atoms with Crippen LogP contribution in [0.3, 0.4) is 0 Å². The fraction of sp³-hybridized carbons (Fsp3) is 0.222. The number of aryl methyl sites for hydroxylation is 1. The number of halogens is 3. The second-order valence-electron chi connectivity index (χ2n) is 2.64. The molecule has 13 heavy (non-hydrogen) atoms. The van der Waals surface area contributed by atoms with Crippen LogP contribution in [0.5, 0.6) is 0 Å². The summed E-state index contributed by atoms with van der Waals surface area (Å²) in [6.45, 7) is 2.02. The van der Waals surface area contributed by atoms with E-state index in [4.69, 9.17) is 0 Å². The highest BCUT2D eigenvalue weighted by atomic mass is 127. The molecular weight excluding hydrogens is 411 g/mol. The van der Waals surface area contributed by atoms with Gasteiger partial charge in [0.25, 0.3) is 0 Å². The van der Waals surface area contributed by atoms with Gasteiger partial charge in [-0.3, -0.25) is 4.79 Å². The van der Waals surface area contributed by atoms with Gasteiger partial charge in [0.1, 0.15) is 0 Å². The van der Waals surface area contributed by atoms with Crippen molar-refractivity contribution in [2.75, 3.05) is 5.33 Å². The predicted octanol–water partition coefficient (Wildman–Crippen LogP) is 3.94. The monoisotopic (exact) mass is 416 g/mol. The summed E-state index contributed by atoms with van der Waals surface area (Å²) in [5.74, 6) is 0.102. The number of carbonyl (C=O) groups excluding carboxylic acids is 1. The summed E-state index contributed by atoms with van der Waals surface area (Å²) in [6, 6.07) is 3.88. The molecule has 1 rings (SSSR count). The number of ketones is 1. The minimum absolute atomic E-state index is 0.102. The highest BCUT2D eigenvalue weighted by Gasteiger charge is 2.10. The molecule has 0 bridgehead atoms. The summed E-state index contributed by atoms with van der Waals surface area (Å²) >= 11 is 8.76. The van der Waals surface area contributed by atoms with Gasteiger partial charge in [-0.05, 0) is 47.2 Å². The Balaban J connectivity index is 3.23. The lowest BCUT2D eigenvalue weighted by atomic mass is 10.1. The predicted molar refractivity (Wildman–Crippen MR) is 69.7 cm³/mol. The first-order chi connectivity index (χ1) is 6.06. The fourth-order valence-corrected chi connectivity index (χ4v) is 2.38. The van der Waals surface area contributed by atoms with Crippen molar-refractivity contribution in [2.45, 2.75) is 6.92 Å². The third-order valence-electron chi connectivity index (χ3n) is 1.67. The van der Waals surface area contributed by atoms with Gasteiger partial charge >= 0.3 is 0 Å². The number of carbonyl (C=O) groups is 1. The Kier molecular flexibility index (Phi) is 4.38. The van der Waals surface area contributed by atoms with E-state index in [2.05, 4.69) is 54.5 Å². The molecule has 0 atom stereocenters. The summed E-state index contributed by atoms with van der Waals surface area (Å²) in [5, 5.41) is 0.366. The topological polar surface area (TPSA) is 17.1 Å². The first kappa shape index (κ1) is 11.7. The van der Waals surface area contributed by atoms with E-state index in [-0.39, 0.29) is 5.78 Å². The average molecular weight is 418 g/mol. The summed E-state index contributed by atoms with van der Waals surface area (Å²) in [6.07, 6.45) is 0. The van der Waals surface area contributed by atoms with Gasteiger partial charge in [-0.15, -0.1) is 0 Å². The Morgan fingerprint density at radius 3 is 2.69 bits per heavy atom. The Morgan fingerprint density at radius 2 is 2.15 bits per heavy atom. The highest BCUT2D eigenvalue weighted by Crippen LogP contribution is 2.23. The molecule has 0 N–H and O–H groups in total. The largest absolute Gasteiger partial charge is 0.293 e. The van der Waals surface area contributed by atoms with Gasteiger partial charge in [0.15, 0.2) is 5.78 Å². The Hall–Kier alpha value is 0.580. The molecule has 0 aliphatic heterocycles. The van der Waals surface area contributed by atoms with E-state index in [9.17, 15) is 4.79 Å². The van der Waals surface area contributed by atoms with Crippen molar-refractivity contribution < 1.29 is 4.79 Å². The molecule has 1 aromatic carbocycles. The molecule has 0 aromatic heterocycles. The van der Waals surface area contributed by atoms with E-state index in [1.54, 1.807) is 0 Å². The first-order valence-electron chi connectivity index (χ1n) is 3.61. The Labute approximate surface area is 108 Å². The third kappa shape index (κ3) is 2.76. The van der Waals surface area contributed by atoms with Crippen LogP contribution in [0.4, 0.5) is 0 Å². The van der Waals surface area contributed by atoms with Crippen LogP contribution < -0.4 is 0 Å². The van der Waals surface area contributed by atoms with Crippen LogP contribution in [0.25, 0.3) is 0 Å². The molecule has 0 saturated heterocycles. The number of benzene rings is 1. The van der Waals surface area contributed by atoms with Gasteiger partial charge in [-0.25, -0.2) is 0 Å². The van der Waals surface area contributed by atoms with Crippen LogP contribution in [0, 0.1) is 10.5 Å². The molecule has 0 aliphatic rings. The van der Waals surface area contributed by atoms with Crippen molar-refractivity contribution in [1.82, 2.24) is 0 Å². The van der Waals surface area contributed by atoms with Gasteiger partial charge < -0.3 is 0 Å². The number of hydrogen-bond donors (Lipinski definition) is 0. The van der Waals surface area contributed by atoms with Crippen LogP contribution >= 0.6 is 54.5 Å². The minimum Gasteiger partial charge on any atom is -0.293 e. The average Bonchev–Trinajstić information content (AvgIpc) is 2.10. The van der Waals surface area contributed by atoms with Crippen LogP contribution in [-0.2, 0) is 0 Å². The second kappa shape index (κ2) is 4.89. The number of hydrogen-bond acceptors (Lipinski definition) is 1. The lowest BCUT2D eigenvalue weighted by molar-refractivity contribution is 0.102. The van der Waals surface area contributed by atoms with E-state index in [0.29, 0.717) is 5.33 Å². The Morgan fingerprint density at radius 1 is 1.54 bits per heavy atom. The lowest BCUT2D eigenvalue weighted by Gasteiger charge is -2.04.